The summed E-state index contributed by atoms with van der Waals surface area (Å²) in [7, 11) is 0. The number of aliphatic hydroxyl groups is 3. The van der Waals surface area contributed by atoms with E-state index >= 15 is 0 Å². The number of aliphatic hydroxyl groups excluding tert-OH is 2. The highest BCUT2D eigenvalue weighted by Gasteiger charge is 2.70. The van der Waals surface area contributed by atoms with Gasteiger partial charge in [0.15, 0.2) is 11.6 Å². The lowest BCUT2D eigenvalue weighted by Crippen LogP contribution is -2.63. The molecule has 8 atom stereocenters. The van der Waals surface area contributed by atoms with Crippen molar-refractivity contribution in [1.29, 1.82) is 0 Å². The third-order valence-corrected chi connectivity index (χ3v) is 9.05. The molecule has 3 N–H and O–H groups in total. The lowest BCUT2D eigenvalue weighted by Gasteiger charge is -2.60. The number of carbonyl (C=O) groups excluding carboxylic acids is 2. The first-order chi connectivity index (χ1) is 12.6. The van der Waals surface area contributed by atoms with Crippen molar-refractivity contribution in [2.24, 2.45) is 34.5 Å². The van der Waals surface area contributed by atoms with Crippen LogP contribution in [-0.2, 0) is 9.59 Å². The second kappa shape index (κ2) is 5.98. The molecule has 0 aromatic heterocycles. The maximum absolute atomic E-state index is 12.6. The molecule has 3 saturated carbocycles. The lowest BCUT2D eigenvalue weighted by atomic mass is 9.45. The highest BCUT2D eigenvalue weighted by Crippen LogP contribution is 2.68. The molecule has 0 amide bonds. The van der Waals surface area contributed by atoms with Crippen molar-refractivity contribution in [2.45, 2.75) is 71.0 Å². The molecule has 4 rings (SSSR count). The SMILES string of the molecule is C[C@@H]1CC2C3CCC4=CC(=O)CCC4(C)C3[C@@H](O)CC2(C)[C@@]1(O)C(=O)CO. The molecule has 5 heteroatoms. The zero-order valence-corrected chi connectivity index (χ0v) is 16.6. The van der Waals surface area contributed by atoms with Gasteiger partial charge >= 0.3 is 0 Å². The van der Waals surface area contributed by atoms with Gasteiger partial charge in [0.25, 0.3) is 0 Å². The number of hydrogen-bond donors (Lipinski definition) is 3. The van der Waals surface area contributed by atoms with E-state index in [-0.39, 0.29) is 34.9 Å². The van der Waals surface area contributed by atoms with Crippen LogP contribution in [0.4, 0.5) is 0 Å². The van der Waals surface area contributed by atoms with Crippen LogP contribution in [0.1, 0.15) is 59.3 Å². The van der Waals surface area contributed by atoms with Crippen molar-refractivity contribution in [2.75, 3.05) is 6.61 Å². The minimum absolute atomic E-state index is 0.0578. The largest absolute Gasteiger partial charge is 0.393 e. The second-order valence-corrected chi connectivity index (χ2v) is 10.1. The molecule has 0 aromatic rings. The molecule has 3 fully saturated rings. The van der Waals surface area contributed by atoms with Crippen LogP contribution >= 0.6 is 0 Å². The summed E-state index contributed by atoms with van der Waals surface area (Å²) in [5.74, 6) is -0.155. The minimum atomic E-state index is -1.59. The second-order valence-electron chi connectivity index (χ2n) is 10.1. The summed E-state index contributed by atoms with van der Waals surface area (Å²) < 4.78 is 0. The van der Waals surface area contributed by atoms with Gasteiger partial charge in [-0.1, -0.05) is 26.3 Å². The number of allylic oxidation sites excluding steroid dienone is 1. The number of Topliss-reactive ketones (excluding diaryl/α,β-unsaturated/α-hetero) is 1. The minimum Gasteiger partial charge on any atom is -0.393 e. The Kier molecular flexibility index (Phi) is 4.27. The quantitative estimate of drug-likeness (QED) is 0.685. The first-order valence-electron chi connectivity index (χ1n) is 10.4. The van der Waals surface area contributed by atoms with E-state index in [1.165, 1.54) is 5.57 Å². The molecule has 4 aliphatic rings. The molecular weight excluding hydrogens is 344 g/mol. The van der Waals surface area contributed by atoms with E-state index in [1.807, 2.05) is 19.9 Å². The van der Waals surface area contributed by atoms with Gasteiger partial charge in [0.2, 0.25) is 0 Å². The highest BCUT2D eigenvalue weighted by molar-refractivity contribution is 5.92. The zero-order chi connectivity index (χ0) is 19.8. The third-order valence-electron chi connectivity index (χ3n) is 9.05. The number of fused-ring (bicyclic) bond motifs is 5. The average molecular weight is 376 g/mol. The molecule has 0 saturated heterocycles. The maximum atomic E-state index is 12.6. The van der Waals surface area contributed by atoms with Crippen LogP contribution in [0.5, 0.6) is 0 Å². The van der Waals surface area contributed by atoms with Gasteiger partial charge < -0.3 is 15.3 Å². The third kappa shape index (κ3) is 2.28. The molecule has 0 spiro atoms. The summed E-state index contributed by atoms with van der Waals surface area (Å²) in [6.45, 7) is 5.36. The van der Waals surface area contributed by atoms with E-state index in [2.05, 4.69) is 6.92 Å². The number of carbonyl (C=O) groups is 2. The van der Waals surface area contributed by atoms with Crippen molar-refractivity contribution < 1.29 is 24.9 Å². The predicted molar refractivity (Wildman–Crippen MR) is 99.7 cm³/mol. The van der Waals surface area contributed by atoms with Crippen molar-refractivity contribution in [3.05, 3.63) is 11.6 Å². The number of rotatable bonds is 2. The van der Waals surface area contributed by atoms with Crippen LogP contribution in [0.25, 0.3) is 0 Å². The highest BCUT2D eigenvalue weighted by atomic mass is 16.3. The van der Waals surface area contributed by atoms with Gasteiger partial charge in [-0.05, 0) is 67.3 Å². The first-order valence-corrected chi connectivity index (χ1v) is 10.4. The van der Waals surface area contributed by atoms with Crippen LogP contribution in [0.3, 0.4) is 0 Å². The summed E-state index contributed by atoms with van der Waals surface area (Å²) in [6, 6.07) is 0. The van der Waals surface area contributed by atoms with Gasteiger partial charge in [-0.2, -0.15) is 0 Å². The molecular formula is C22H32O5. The van der Waals surface area contributed by atoms with Crippen LogP contribution in [0.2, 0.25) is 0 Å². The Labute approximate surface area is 160 Å². The fourth-order valence-corrected chi connectivity index (χ4v) is 7.74. The summed E-state index contributed by atoms with van der Waals surface area (Å²) in [5.41, 5.74) is -1.31. The van der Waals surface area contributed by atoms with E-state index in [0.717, 1.165) is 25.7 Å². The molecule has 0 radical (unpaired) electrons. The van der Waals surface area contributed by atoms with E-state index in [1.54, 1.807) is 0 Å². The van der Waals surface area contributed by atoms with Gasteiger partial charge in [0.05, 0.1) is 6.10 Å². The fraction of sp³-hybridized carbons (Fsp3) is 0.818. The van der Waals surface area contributed by atoms with Gasteiger partial charge in [-0.15, -0.1) is 0 Å². The monoisotopic (exact) mass is 376 g/mol. The van der Waals surface area contributed by atoms with E-state index in [9.17, 15) is 24.9 Å². The molecule has 0 heterocycles. The van der Waals surface area contributed by atoms with Crippen molar-refractivity contribution in [3.63, 3.8) is 0 Å². The van der Waals surface area contributed by atoms with Gasteiger partial charge in [-0.3, -0.25) is 9.59 Å². The molecule has 5 unspecified atom stereocenters. The van der Waals surface area contributed by atoms with E-state index < -0.39 is 29.5 Å². The Morgan fingerprint density at radius 1 is 1.30 bits per heavy atom. The summed E-state index contributed by atoms with van der Waals surface area (Å²) in [5, 5.41) is 32.2. The van der Waals surface area contributed by atoms with Crippen LogP contribution in [0.15, 0.2) is 11.6 Å². The smallest absolute Gasteiger partial charge is 0.190 e. The molecule has 0 aliphatic heterocycles. The lowest BCUT2D eigenvalue weighted by molar-refractivity contribution is -0.187. The Morgan fingerprint density at radius 2 is 2.00 bits per heavy atom. The van der Waals surface area contributed by atoms with Gasteiger partial charge in [0.1, 0.15) is 12.2 Å². The molecule has 0 aromatic carbocycles. The zero-order valence-electron chi connectivity index (χ0n) is 16.6. The molecule has 27 heavy (non-hydrogen) atoms. The summed E-state index contributed by atoms with van der Waals surface area (Å²) >= 11 is 0. The molecule has 4 aliphatic carbocycles. The normalized spacial score (nSPS) is 51.9. The summed E-state index contributed by atoms with van der Waals surface area (Å²) in [6.07, 6.45) is 5.32. The fourth-order valence-electron chi connectivity index (χ4n) is 7.74. The summed E-state index contributed by atoms with van der Waals surface area (Å²) in [4.78, 5) is 24.5. The van der Waals surface area contributed by atoms with Crippen LogP contribution < -0.4 is 0 Å². The molecule has 0 bridgehead atoms. The van der Waals surface area contributed by atoms with Gasteiger partial charge in [-0.25, -0.2) is 0 Å². The Morgan fingerprint density at radius 3 is 2.67 bits per heavy atom. The molecule has 5 nitrogen and oxygen atoms in total. The maximum Gasteiger partial charge on any atom is 0.190 e. The Balaban J connectivity index is 1.77. The number of hydrogen-bond acceptors (Lipinski definition) is 5. The predicted octanol–water partition coefficient (Wildman–Crippen LogP) is 2.03. The van der Waals surface area contributed by atoms with Gasteiger partial charge in [0, 0.05) is 11.8 Å². The van der Waals surface area contributed by atoms with Crippen molar-refractivity contribution >= 4 is 11.6 Å². The molecule has 150 valence electrons. The van der Waals surface area contributed by atoms with Crippen molar-refractivity contribution in [1.82, 2.24) is 0 Å². The standard InChI is InChI=1S/C22H32O5/c1-12-8-16-15-5-4-13-9-14(24)6-7-20(13,2)19(15)17(25)10-21(16,3)22(12,27)18(26)11-23/h9,12,15-17,19,23,25,27H,4-8,10-11H2,1-3H3/t12-,15?,16?,17+,19?,20?,21?,22+/m1/s1. The van der Waals surface area contributed by atoms with Crippen molar-refractivity contribution in [3.8, 4) is 0 Å². The van der Waals surface area contributed by atoms with Crippen LogP contribution in [-0.4, -0.2) is 45.2 Å². The van der Waals surface area contributed by atoms with E-state index in [0.29, 0.717) is 12.8 Å². The number of ketones is 2. The first kappa shape index (κ1) is 19.3. The van der Waals surface area contributed by atoms with E-state index in [4.69, 9.17) is 0 Å². The topological polar surface area (TPSA) is 94.8 Å². The van der Waals surface area contributed by atoms with Crippen LogP contribution in [0, 0.1) is 34.5 Å². The Bertz CT molecular complexity index is 713. The average Bonchev–Trinajstić information content (AvgIpc) is 2.82. The Hall–Kier alpha value is -1.04.